The number of methoxy groups -OCH3 is 1. The summed E-state index contributed by atoms with van der Waals surface area (Å²) in [5.41, 5.74) is 5.91. The zero-order valence-electron chi connectivity index (χ0n) is 12.2. The summed E-state index contributed by atoms with van der Waals surface area (Å²) in [5, 5.41) is 0. The van der Waals surface area contributed by atoms with Crippen molar-refractivity contribution >= 4 is 11.8 Å². The van der Waals surface area contributed by atoms with E-state index in [1.807, 2.05) is 4.90 Å². The Hall–Kier alpha value is -1.14. The maximum Gasteiger partial charge on any atom is 0.239 e. The minimum Gasteiger partial charge on any atom is -0.385 e. The van der Waals surface area contributed by atoms with Crippen LogP contribution >= 0.6 is 0 Å². The van der Waals surface area contributed by atoms with Crippen molar-refractivity contribution in [3.8, 4) is 0 Å². The first-order chi connectivity index (χ1) is 9.63. The molecule has 1 saturated heterocycles. The van der Waals surface area contributed by atoms with Gasteiger partial charge in [-0.1, -0.05) is 0 Å². The van der Waals surface area contributed by atoms with Gasteiger partial charge in [0.15, 0.2) is 0 Å². The van der Waals surface area contributed by atoms with E-state index in [1.165, 1.54) is 0 Å². The molecule has 1 unspecified atom stereocenters. The predicted octanol–water partition coefficient (Wildman–Crippen LogP) is -0.179. The molecule has 0 aromatic heterocycles. The number of piperazine rings is 1. The molecule has 0 spiro atoms. The number of carbonyl (C=O) groups excluding carboxylic acids is 2. The van der Waals surface area contributed by atoms with Crippen LogP contribution in [0.2, 0.25) is 0 Å². The Balaban J connectivity index is 1.71. The number of nitrogens with two attached hydrogens (primary N) is 1. The van der Waals surface area contributed by atoms with Crippen LogP contribution in [0.3, 0.4) is 0 Å². The van der Waals surface area contributed by atoms with E-state index < -0.39 is 6.04 Å². The lowest BCUT2D eigenvalue weighted by Crippen LogP contribution is -2.54. The molecular weight excluding hydrogens is 258 g/mol. The highest BCUT2D eigenvalue weighted by atomic mass is 16.5. The third-order valence-electron chi connectivity index (χ3n) is 4.01. The second-order valence-electron chi connectivity index (χ2n) is 5.67. The maximum atomic E-state index is 12.2. The lowest BCUT2D eigenvalue weighted by molar-refractivity contribution is -0.141. The highest BCUT2D eigenvalue weighted by molar-refractivity contribution is 5.83. The first-order valence-electron chi connectivity index (χ1n) is 7.45. The highest BCUT2D eigenvalue weighted by Gasteiger charge is 2.35. The van der Waals surface area contributed by atoms with E-state index in [-0.39, 0.29) is 17.7 Å². The summed E-state index contributed by atoms with van der Waals surface area (Å²) in [6, 6.07) is -0.448. The van der Waals surface area contributed by atoms with Crippen LogP contribution in [0.5, 0.6) is 0 Å². The van der Waals surface area contributed by atoms with Crippen LogP contribution in [0.25, 0.3) is 0 Å². The van der Waals surface area contributed by atoms with E-state index in [0.29, 0.717) is 39.2 Å². The number of nitrogens with zero attached hydrogens (tertiary/aromatic N) is 2. The van der Waals surface area contributed by atoms with E-state index in [0.717, 1.165) is 19.3 Å². The molecule has 0 bridgehead atoms. The first-order valence-corrected chi connectivity index (χ1v) is 7.45. The Morgan fingerprint density at radius 3 is 2.35 bits per heavy atom. The molecule has 2 amide bonds. The van der Waals surface area contributed by atoms with Crippen LogP contribution in [0, 0.1) is 5.92 Å². The highest BCUT2D eigenvalue weighted by Crippen LogP contribution is 2.31. The van der Waals surface area contributed by atoms with Crippen molar-refractivity contribution < 1.29 is 14.3 Å². The summed E-state index contributed by atoms with van der Waals surface area (Å²) in [4.78, 5) is 27.8. The van der Waals surface area contributed by atoms with Gasteiger partial charge in [0, 0.05) is 45.8 Å². The molecule has 2 N–H and O–H groups in total. The fourth-order valence-electron chi connectivity index (χ4n) is 2.54. The molecule has 1 atom stereocenters. The molecule has 1 heterocycles. The van der Waals surface area contributed by atoms with E-state index >= 15 is 0 Å². The summed E-state index contributed by atoms with van der Waals surface area (Å²) in [6.45, 7) is 3.13. The van der Waals surface area contributed by atoms with E-state index in [1.54, 1.807) is 12.0 Å². The Morgan fingerprint density at radius 2 is 1.80 bits per heavy atom. The van der Waals surface area contributed by atoms with E-state index in [9.17, 15) is 9.59 Å². The van der Waals surface area contributed by atoms with Crippen molar-refractivity contribution in [3.63, 3.8) is 0 Å². The molecule has 1 saturated carbocycles. The third-order valence-corrected chi connectivity index (χ3v) is 4.01. The Morgan fingerprint density at radius 1 is 1.20 bits per heavy atom. The predicted molar refractivity (Wildman–Crippen MR) is 75.0 cm³/mol. The van der Waals surface area contributed by atoms with Gasteiger partial charge in [-0.3, -0.25) is 9.59 Å². The number of hydrogen-bond donors (Lipinski definition) is 1. The zero-order valence-corrected chi connectivity index (χ0v) is 12.2. The summed E-state index contributed by atoms with van der Waals surface area (Å²) < 4.78 is 4.96. The molecule has 6 heteroatoms. The molecule has 2 rings (SSSR count). The molecule has 2 aliphatic rings. The van der Waals surface area contributed by atoms with Gasteiger partial charge in [-0.25, -0.2) is 0 Å². The summed E-state index contributed by atoms with van der Waals surface area (Å²) in [7, 11) is 1.64. The number of carbonyl (C=O) groups is 2. The fraction of sp³-hybridized carbons (Fsp3) is 0.857. The van der Waals surface area contributed by atoms with E-state index in [2.05, 4.69) is 0 Å². The van der Waals surface area contributed by atoms with Crippen molar-refractivity contribution in [2.45, 2.75) is 31.7 Å². The molecule has 0 radical (unpaired) electrons. The van der Waals surface area contributed by atoms with Gasteiger partial charge in [0.1, 0.15) is 0 Å². The minimum absolute atomic E-state index is 0.000348. The summed E-state index contributed by atoms with van der Waals surface area (Å²) in [5.74, 6) is 0.523. The lowest BCUT2D eigenvalue weighted by atomic mass is 10.1. The normalized spacial score (nSPS) is 20.9. The molecule has 6 nitrogen and oxygen atoms in total. The van der Waals surface area contributed by atoms with Crippen LogP contribution in [0.15, 0.2) is 0 Å². The van der Waals surface area contributed by atoms with Crippen LogP contribution in [-0.2, 0) is 14.3 Å². The third kappa shape index (κ3) is 3.93. The minimum atomic E-state index is -0.448. The zero-order chi connectivity index (χ0) is 14.5. The monoisotopic (exact) mass is 283 g/mol. The summed E-state index contributed by atoms with van der Waals surface area (Å²) in [6.07, 6.45) is 3.50. The summed E-state index contributed by atoms with van der Waals surface area (Å²) >= 11 is 0. The number of amides is 2. The van der Waals surface area contributed by atoms with Crippen LogP contribution in [0.1, 0.15) is 25.7 Å². The van der Waals surface area contributed by atoms with Gasteiger partial charge in [-0.05, 0) is 25.7 Å². The Labute approximate surface area is 120 Å². The molecule has 0 aromatic carbocycles. The number of hydrogen-bond acceptors (Lipinski definition) is 4. The standard InChI is InChI=1S/C14H25N3O3/c1-20-10-2-3-12(15)14(19)17-8-6-16(7-9-17)13(18)11-4-5-11/h11-12H,2-10,15H2,1H3. The smallest absolute Gasteiger partial charge is 0.239 e. The first kappa shape index (κ1) is 15.3. The largest absolute Gasteiger partial charge is 0.385 e. The van der Waals surface area contributed by atoms with Gasteiger partial charge < -0.3 is 20.3 Å². The Kier molecular flexibility index (Phi) is 5.37. The fourth-order valence-corrected chi connectivity index (χ4v) is 2.54. The molecule has 114 valence electrons. The maximum absolute atomic E-state index is 12.2. The SMILES string of the molecule is COCCCC(N)C(=O)N1CCN(C(=O)C2CC2)CC1. The van der Waals surface area contributed by atoms with Crippen LogP contribution in [-0.4, -0.2) is 67.6 Å². The van der Waals surface area contributed by atoms with Gasteiger partial charge in [0.2, 0.25) is 11.8 Å². The van der Waals surface area contributed by atoms with Gasteiger partial charge in [-0.15, -0.1) is 0 Å². The van der Waals surface area contributed by atoms with Gasteiger partial charge >= 0.3 is 0 Å². The molecule has 20 heavy (non-hydrogen) atoms. The molecule has 2 fully saturated rings. The quantitative estimate of drug-likeness (QED) is 0.686. The van der Waals surface area contributed by atoms with Crippen LogP contribution < -0.4 is 5.73 Å². The molecule has 0 aromatic rings. The second kappa shape index (κ2) is 7.04. The van der Waals surface area contributed by atoms with E-state index in [4.69, 9.17) is 10.5 Å². The van der Waals surface area contributed by atoms with Gasteiger partial charge in [0.25, 0.3) is 0 Å². The van der Waals surface area contributed by atoms with Crippen molar-refractivity contribution in [2.24, 2.45) is 11.7 Å². The molecule has 1 aliphatic carbocycles. The Bertz CT molecular complexity index is 350. The molecule has 1 aliphatic heterocycles. The van der Waals surface area contributed by atoms with Crippen molar-refractivity contribution in [3.05, 3.63) is 0 Å². The lowest BCUT2D eigenvalue weighted by Gasteiger charge is -2.36. The van der Waals surface area contributed by atoms with Gasteiger partial charge in [-0.2, -0.15) is 0 Å². The number of rotatable bonds is 6. The van der Waals surface area contributed by atoms with Gasteiger partial charge in [0.05, 0.1) is 6.04 Å². The average molecular weight is 283 g/mol. The second-order valence-corrected chi connectivity index (χ2v) is 5.67. The average Bonchev–Trinajstić information content (AvgIpc) is 3.30. The van der Waals surface area contributed by atoms with Crippen molar-refractivity contribution in [1.82, 2.24) is 9.80 Å². The number of ether oxygens (including phenoxy) is 1. The van der Waals surface area contributed by atoms with Crippen molar-refractivity contribution in [1.29, 1.82) is 0 Å². The van der Waals surface area contributed by atoms with Crippen LogP contribution in [0.4, 0.5) is 0 Å². The molecular formula is C14H25N3O3. The van der Waals surface area contributed by atoms with Crippen molar-refractivity contribution in [2.75, 3.05) is 39.9 Å². The topological polar surface area (TPSA) is 75.9 Å².